The monoisotopic (exact) mass is 306 g/mol. The molecule has 0 saturated heterocycles. The van der Waals surface area contributed by atoms with Crippen LogP contribution in [0.25, 0.3) is 0 Å². The third kappa shape index (κ3) is 3.22. The van der Waals surface area contributed by atoms with Crippen molar-refractivity contribution in [3.05, 3.63) is 34.6 Å². The number of anilines is 1. The Morgan fingerprint density at radius 2 is 2.05 bits per heavy atom. The van der Waals surface area contributed by atoms with Crippen molar-refractivity contribution in [2.45, 2.75) is 26.2 Å². The standard InChI is InChI=1S/C13H14N4O3S/c1-13(2,3)10-9(21-17-16-10)11(18)15-8-6-14-5-4-7(8)12(19)20/h4-6H,1-3H3,(H,15,18)(H,19,20). The highest BCUT2D eigenvalue weighted by molar-refractivity contribution is 7.08. The summed E-state index contributed by atoms with van der Waals surface area (Å²) in [7, 11) is 0. The van der Waals surface area contributed by atoms with Crippen molar-refractivity contribution in [1.29, 1.82) is 0 Å². The summed E-state index contributed by atoms with van der Waals surface area (Å²) in [6.07, 6.45) is 2.65. The Morgan fingerprint density at radius 3 is 2.67 bits per heavy atom. The van der Waals surface area contributed by atoms with Gasteiger partial charge in [-0.05, 0) is 17.6 Å². The Morgan fingerprint density at radius 1 is 1.33 bits per heavy atom. The van der Waals surface area contributed by atoms with Gasteiger partial charge in [-0.15, -0.1) is 5.10 Å². The van der Waals surface area contributed by atoms with Crippen molar-refractivity contribution in [1.82, 2.24) is 14.6 Å². The van der Waals surface area contributed by atoms with Gasteiger partial charge in [-0.2, -0.15) is 0 Å². The highest BCUT2D eigenvalue weighted by atomic mass is 32.1. The van der Waals surface area contributed by atoms with Crippen molar-refractivity contribution in [3.8, 4) is 0 Å². The third-order valence-electron chi connectivity index (χ3n) is 2.70. The second-order valence-electron chi connectivity index (χ2n) is 5.38. The Balaban J connectivity index is 2.32. The zero-order valence-corrected chi connectivity index (χ0v) is 12.6. The van der Waals surface area contributed by atoms with Gasteiger partial charge in [0, 0.05) is 11.6 Å². The highest BCUT2D eigenvalue weighted by Crippen LogP contribution is 2.26. The van der Waals surface area contributed by atoms with Crippen LogP contribution in [0.4, 0.5) is 5.69 Å². The van der Waals surface area contributed by atoms with Crippen LogP contribution in [-0.4, -0.2) is 31.6 Å². The first-order valence-electron chi connectivity index (χ1n) is 6.12. The molecule has 2 heterocycles. The van der Waals surface area contributed by atoms with E-state index in [0.717, 1.165) is 11.5 Å². The fourth-order valence-electron chi connectivity index (χ4n) is 1.69. The number of rotatable bonds is 3. The molecule has 0 unspecified atom stereocenters. The van der Waals surface area contributed by atoms with Crippen molar-refractivity contribution in [3.63, 3.8) is 0 Å². The molecule has 21 heavy (non-hydrogen) atoms. The smallest absolute Gasteiger partial charge is 0.337 e. The molecule has 0 aliphatic rings. The number of aromatic nitrogens is 3. The summed E-state index contributed by atoms with van der Waals surface area (Å²) < 4.78 is 3.81. The first-order valence-corrected chi connectivity index (χ1v) is 6.89. The van der Waals surface area contributed by atoms with Gasteiger partial charge in [0.05, 0.1) is 23.1 Å². The molecule has 110 valence electrons. The van der Waals surface area contributed by atoms with Gasteiger partial charge >= 0.3 is 5.97 Å². The van der Waals surface area contributed by atoms with E-state index >= 15 is 0 Å². The summed E-state index contributed by atoms with van der Waals surface area (Å²) in [5.74, 6) is -1.57. The number of carboxylic acid groups (broad SMARTS) is 1. The second-order valence-corrected chi connectivity index (χ2v) is 6.14. The predicted octanol–water partition coefficient (Wildman–Crippen LogP) is 2.18. The fourth-order valence-corrected chi connectivity index (χ4v) is 2.46. The minimum Gasteiger partial charge on any atom is -0.478 e. The van der Waals surface area contributed by atoms with Crippen molar-refractivity contribution >= 4 is 29.1 Å². The molecule has 0 fully saturated rings. The SMILES string of the molecule is CC(C)(C)c1nnsc1C(=O)Nc1cnccc1C(=O)O. The van der Waals surface area contributed by atoms with E-state index in [0.29, 0.717) is 10.6 Å². The predicted molar refractivity (Wildman–Crippen MR) is 77.8 cm³/mol. The van der Waals surface area contributed by atoms with Crippen LogP contribution < -0.4 is 5.32 Å². The molecule has 0 aliphatic carbocycles. The van der Waals surface area contributed by atoms with E-state index in [9.17, 15) is 9.59 Å². The average molecular weight is 306 g/mol. The Hall–Kier alpha value is -2.35. The van der Waals surface area contributed by atoms with E-state index in [-0.39, 0.29) is 16.7 Å². The van der Waals surface area contributed by atoms with E-state index < -0.39 is 11.9 Å². The minimum atomic E-state index is -1.13. The third-order valence-corrected chi connectivity index (χ3v) is 3.43. The van der Waals surface area contributed by atoms with E-state index in [4.69, 9.17) is 5.11 Å². The molecule has 0 spiro atoms. The fraction of sp³-hybridized carbons (Fsp3) is 0.308. The average Bonchev–Trinajstić information content (AvgIpc) is 2.88. The van der Waals surface area contributed by atoms with Gasteiger partial charge in [-0.1, -0.05) is 25.3 Å². The molecule has 2 aromatic heterocycles. The van der Waals surface area contributed by atoms with Crippen LogP contribution in [0.1, 0.15) is 46.5 Å². The minimum absolute atomic E-state index is 0.0202. The summed E-state index contributed by atoms with van der Waals surface area (Å²) >= 11 is 0.977. The number of carbonyl (C=O) groups is 2. The van der Waals surface area contributed by atoms with E-state index in [1.54, 1.807) is 0 Å². The number of aromatic carboxylic acids is 1. The van der Waals surface area contributed by atoms with Gasteiger partial charge in [-0.25, -0.2) is 4.79 Å². The Labute approximate surface area is 125 Å². The van der Waals surface area contributed by atoms with Crippen LogP contribution in [-0.2, 0) is 5.41 Å². The second kappa shape index (κ2) is 5.57. The Bertz CT molecular complexity index is 691. The van der Waals surface area contributed by atoms with Gasteiger partial charge in [0.15, 0.2) is 0 Å². The first kappa shape index (κ1) is 15.0. The van der Waals surface area contributed by atoms with Gasteiger partial charge < -0.3 is 10.4 Å². The molecule has 1 amide bonds. The molecule has 0 radical (unpaired) electrons. The van der Waals surface area contributed by atoms with Gasteiger partial charge in [-0.3, -0.25) is 9.78 Å². The lowest BCUT2D eigenvalue weighted by Crippen LogP contribution is -2.20. The van der Waals surface area contributed by atoms with Gasteiger partial charge in [0.25, 0.3) is 5.91 Å². The zero-order valence-electron chi connectivity index (χ0n) is 11.7. The number of amides is 1. The maximum atomic E-state index is 12.3. The molecule has 2 rings (SSSR count). The topological polar surface area (TPSA) is 105 Å². The molecular formula is C13H14N4O3S. The molecule has 0 atom stereocenters. The highest BCUT2D eigenvalue weighted by Gasteiger charge is 2.27. The first-order chi connectivity index (χ1) is 9.80. The number of hydrogen-bond acceptors (Lipinski definition) is 6. The summed E-state index contributed by atoms with van der Waals surface area (Å²) in [5.41, 5.74) is 0.367. The number of carboxylic acids is 1. The summed E-state index contributed by atoms with van der Waals surface area (Å²) in [4.78, 5) is 27.6. The molecule has 0 saturated carbocycles. The lowest BCUT2D eigenvalue weighted by atomic mass is 9.91. The van der Waals surface area contributed by atoms with Crippen LogP contribution in [0.2, 0.25) is 0 Å². The lowest BCUT2D eigenvalue weighted by molar-refractivity contribution is 0.0698. The van der Waals surface area contributed by atoms with Crippen LogP contribution in [0, 0.1) is 0 Å². The van der Waals surface area contributed by atoms with E-state index in [1.165, 1.54) is 18.5 Å². The molecule has 0 bridgehead atoms. The molecule has 2 aromatic rings. The summed E-state index contributed by atoms with van der Waals surface area (Å²) in [6, 6.07) is 1.33. The molecular weight excluding hydrogens is 292 g/mol. The molecule has 8 heteroatoms. The zero-order chi connectivity index (χ0) is 15.6. The maximum Gasteiger partial charge on any atom is 0.337 e. The van der Waals surface area contributed by atoms with Gasteiger partial charge in [0.2, 0.25) is 0 Å². The number of hydrogen-bond donors (Lipinski definition) is 2. The van der Waals surface area contributed by atoms with Crippen molar-refractivity contribution < 1.29 is 14.7 Å². The molecule has 0 aromatic carbocycles. The van der Waals surface area contributed by atoms with Crippen molar-refractivity contribution in [2.24, 2.45) is 0 Å². The normalized spacial score (nSPS) is 11.2. The largest absolute Gasteiger partial charge is 0.478 e. The Kier molecular flexibility index (Phi) is 3.99. The van der Waals surface area contributed by atoms with E-state index in [1.807, 2.05) is 20.8 Å². The van der Waals surface area contributed by atoms with Gasteiger partial charge in [0.1, 0.15) is 4.88 Å². The number of pyridine rings is 1. The molecule has 2 N–H and O–H groups in total. The quantitative estimate of drug-likeness (QED) is 0.900. The molecule has 0 aliphatic heterocycles. The summed E-state index contributed by atoms with van der Waals surface area (Å²) in [5, 5.41) is 15.6. The van der Waals surface area contributed by atoms with Crippen LogP contribution >= 0.6 is 11.5 Å². The number of carbonyl (C=O) groups excluding carboxylic acids is 1. The summed E-state index contributed by atoms with van der Waals surface area (Å²) in [6.45, 7) is 5.77. The van der Waals surface area contributed by atoms with E-state index in [2.05, 4.69) is 19.9 Å². The maximum absolute atomic E-state index is 12.3. The van der Waals surface area contributed by atoms with Crippen molar-refractivity contribution in [2.75, 3.05) is 5.32 Å². The number of nitrogens with zero attached hydrogens (tertiary/aromatic N) is 3. The van der Waals surface area contributed by atoms with Crippen LogP contribution in [0.3, 0.4) is 0 Å². The number of nitrogens with one attached hydrogen (secondary N) is 1. The van der Waals surface area contributed by atoms with Crippen LogP contribution in [0.5, 0.6) is 0 Å². The lowest BCUT2D eigenvalue weighted by Gasteiger charge is -2.16. The molecule has 7 nitrogen and oxygen atoms in total. The van der Waals surface area contributed by atoms with Crippen LogP contribution in [0.15, 0.2) is 18.5 Å².